The van der Waals surface area contributed by atoms with Gasteiger partial charge in [0.25, 0.3) is 0 Å². The minimum atomic E-state index is 0.366. The molecule has 0 aromatic carbocycles. The Morgan fingerprint density at radius 2 is 2.05 bits per heavy atom. The van der Waals surface area contributed by atoms with Crippen LogP contribution < -0.4 is 15.4 Å². The Hall–Kier alpha value is -1.36. The molecule has 112 valence electrons. The molecule has 1 aliphatic carbocycles. The summed E-state index contributed by atoms with van der Waals surface area (Å²) < 4.78 is 5.48. The summed E-state index contributed by atoms with van der Waals surface area (Å²) in [4.78, 5) is 11.3. The summed E-state index contributed by atoms with van der Waals surface area (Å²) in [5.74, 6) is 1.45. The minimum Gasteiger partial charge on any atom is -0.478 e. The molecule has 2 rings (SSSR count). The monoisotopic (exact) mass is 278 g/mol. The molecule has 1 fully saturated rings. The molecule has 1 heterocycles. The van der Waals surface area contributed by atoms with Gasteiger partial charge in [0.1, 0.15) is 0 Å². The predicted molar refractivity (Wildman–Crippen MR) is 81.1 cm³/mol. The fraction of sp³-hybridized carbons (Fsp3) is 0.733. The van der Waals surface area contributed by atoms with Crippen LogP contribution in [0.1, 0.15) is 46.0 Å². The highest BCUT2D eigenvalue weighted by molar-refractivity contribution is 5.33. The van der Waals surface area contributed by atoms with Gasteiger partial charge in [0, 0.05) is 30.9 Å². The molecule has 0 saturated heterocycles. The summed E-state index contributed by atoms with van der Waals surface area (Å²) in [5.41, 5.74) is 6.00. The number of aromatic nitrogens is 2. The van der Waals surface area contributed by atoms with Gasteiger partial charge in [-0.3, -0.25) is 0 Å². The zero-order chi connectivity index (χ0) is 14.4. The lowest BCUT2D eigenvalue weighted by Crippen LogP contribution is -2.42. The number of ether oxygens (including phenoxy) is 1. The van der Waals surface area contributed by atoms with E-state index in [1.54, 1.807) is 6.20 Å². The lowest BCUT2D eigenvalue weighted by molar-refractivity contribution is 0.324. The third-order valence-electron chi connectivity index (χ3n) is 3.81. The van der Waals surface area contributed by atoms with Gasteiger partial charge < -0.3 is 15.4 Å². The van der Waals surface area contributed by atoms with Crippen molar-refractivity contribution in [2.24, 2.45) is 5.73 Å². The van der Waals surface area contributed by atoms with E-state index in [1.165, 1.54) is 0 Å². The minimum absolute atomic E-state index is 0.366. The van der Waals surface area contributed by atoms with Crippen LogP contribution in [0.2, 0.25) is 0 Å². The maximum absolute atomic E-state index is 6.00. The Kier molecular flexibility index (Phi) is 5.59. The second-order valence-electron chi connectivity index (χ2n) is 5.39. The Bertz CT molecular complexity index is 405. The Labute approximate surface area is 121 Å². The molecule has 20 heavy (non-hydrogen) atoms. The van der Waals surface area contributed by atoms with E-state index >= 15 is 0 Å². The molecule has 5 heteroatoms. The van der Waals surface area contributed by atoms with Crippen molar-refractivity contribution in [2.45, 2.75) is 58.0 Å². The molecule has 0 atom stereocenters. The molecule has 1 aliphatic rings. The van der Waals surface area contributed by atoms with Gasteiger partial charge in [0.05, 0.1) is 6.61 Å². The molecule has 0 radical (unpaired) electrons. The van der Waals surface area contributed by atoms with E-state index in [0.29, 0.717) is 24.6 Å². The summed E-state index contributed by atoms with van der Waals surface area (Å²) in [5, 5.41) is 0. The van der Waals surface area contributed by atoms with Crippen molar-refractivity contribution in [1.82, 2.24) is 9.97 Å². The number of rotatable bonds is 6. The number of anilines is 1. The fourth-order valence-electron chi connectivity index (χ4n) is 2.80. The van der Waals surface area contributed by atoms with E-state index in [2.05, 4.69) is 21.8 Å². The quantitative estimate of drug-likeness (QED) is 0.865. The normalized spacial score (nSPS) is 22.6. The van der Waals surface area contributed by atoms with Crippen molar-refractivity contribution in [3.8, 4) is 5.88 Å². The maximum atomic E-state index is 6.00. The average molecular weight is 278 g/mol. The fourth-order valence-corrected chi connectivity index (χ4v) is 2.80. The highest BCUT2D eigenvalue weighted by Crippen LogP contribution is 2.26. The number of nitrogens with two attached hydrogens (primary N) is 1. The first-order valence-corrected chi connectivity index (χ1v) is 7.72. The van der Waals surface area contributed by atoms with Gasteiger partial charge in [-0.2, -0.15) is 4.98 Å². The first-order chi connectivity index (χ1) is 9.74. The van der Waals surface area contributed by atoms with E-state index in [9.17, 15) is 0 Å². The average Bonchev–Trinajstić information content (AvgIpc) is 2.47. The molecule has 1 aromatic heterocycles. The summed E-state index contributed by atoms with van der Waals surface area (Å²) in [6.07, 6.45) is 7.31. The first-order valence-electron chi connectivity index (χ1n) is 7.72. The van der Waals surface area contributed by atoms with Gasteiger partial charge in [-0.25, -0.2) is 4.98 Å². The zero-order valence-corrected chi connectivity index (χ0v) is 12.6. The molecule has 1 saturated carbocycles. The molecule has 1 aromatic rings. The standard InChI is InChI=1S/C15H26N4O/c1-3-11-19(13-7-5-12(16)6-8-13)15-17-10-9-14(18-15)20-4-2/h9-10,12-13H,3-8,11,16H2,1-2H3. The van der Waals surface area contributed by atoms with Crippen LogP contribution in [-0.2, 0) is 0 Å². The van der Waals surface area contributed by atoms with Gasteiger partial charge in [0.15, 0.2) is 0 Å². The molecule has 0 aliphatic heterocycles. The predicted octanol–water partition coefficient (Wildman–Crippen LogP) is 2.36. The molecule has 0 bridgehead atoms. The smallest absolute Gasteiger partial charge is 0.228 e. The first kappa shape index (κ1) is 15.0. The summed E-state index contributed by atoms with van der Waals surface area (Å²) in [6, 6.07) is 2.69. The van der Waals surface area contributed by atoms with Crippen LogP contribution in [0, 0.1) is 0 Å². The molecule has 5 nitrogen and oxygen atoms in total. The molecular formula is C15H26N4O. The highest BCUT2D eigenvalue weighted by Gasteiger charge is 2.25. The third-order valence-corrected chi connectivity index (χ3v) is 3.81. The van der Waals surface area contributed by atoms with Gasteiger partial charge >= 0.3 is 0 Å². The van der Waals surface area contributed by atoms with Crippen molar-refractivity contribution >= 4 is 5.95 Å². The number of hydrogen-bond donors (Lipinski definition) is 1. The topological polar surface area (TPSA) is 64.3 Å². The summed E-state index contributed by atoms with van der Waals surface area (Å²) in [7, 11) is 0. The molecule has 0 unspecified atom stereocenters. The van der Waals surface area contributed by atoms with Crippen LogP contribution in [0.25, 0.3) is 0 Å². The SMILES string of the molecule is CCCN(c1nccc(OCC)n1)C1CCC(N)CC1. The second-order valence-corrected chi connectivity index (χ2v) is 5.39. The van der Waals surface area contributed by atoms with E-state index in [4.69, 9.17) is 10.5 Å². The van der Waals surface area contributed by atoms with Crippen molar-refractivity contribution in [3.05, 3.63) is 12.3 Å². The largest absolute Gasteiger partial charge is 0.478 e. The second kappa shape index (κ2) is 7.43. The van der Waals surface area contributed by atoms with Crippen LogP contribution in [0.3, 0.4) is 0 Å². The highest BCUT2D eigenvalue weighted by atomic mass is 16.5. The Morgan fingerprint density at radius 3 is 2.70 bits per heavy atom. The zero-order valence-electron chi connectivity index (χ0n) is 12.6. The summed E-state index contributed by atoms with van der Waals surface area (Å²) >= 11 is 0. The number of nitrogens with zero attached hydrogens (tertiary/aromatic N) is 3. The number of hydrogen-bond acceptors (Lipinski definition) is 5. The Morgan fingerprint density at radius 1 is 1.30 bits per heavy atom. The third kappa shape index (κ3) is 3.82. The summed E-state index contributed by atoms with van der Waals surface area (Å²) in [6.45, 7) is 5.76. The van der Waals surface area contributed by atoms with Crippen molar-refractivity contribution in [1.29, 1.82) is 0 Å². The Balaban J connectivity index is 2.12. The van der Waals surface area contributed by atoms with Crippen LogP contribution in [0.4, 0.5) is 5.95 Å². The van der Waals surface area contributed by atoms with Gasteiger partial charge in [-0.05, 0) is 39.0 Å². The lowest BCUT2D eigenvalue weighted by atomic mass is 9.91. The molecule has 0 amide bonds. The van der Waals surface area contributed by atoms with E-state index in [1.807, 2.05) is 13.0 Å². The van der Waals surface area contributed by atoms with Crippen molar-refractivity contribution in [2.75, 3.05) is 18.1 Å². The van der Waals surface area contributed by atoms with E-state index < -0.39 is 0 Å². The van der Waals surface area contributed by atoms with Crippen LogP contribution in [0.15, 0.2) is 12.3 Å². The van der Waals surface area contributed by atoms with Crippen LogP contribution in [-0.4, -0.2) is 35.2 Å². The van der Waals surface area contributed by atoms with Crippen LogP contribution in [0.5, 0.6) is 5.88 Å². The maximum Gasteiger partial charge on any atom is 0.228 e. The molecular weight excluding hydrogens is 252 g/mol. The van der Waals surface area contributed by atoms with Crippen molar-refractivity contribution < 1.29 is 4.74 Å². The molecule has 0 spiro atoms. The van der Waals surface area contributed by atoms with Crippen molar-refractivity contribution in [3.63, 3.8) is 0 Å². The van der Waals surface area contributed by atoms with Gasteiger partial charge in [-0.15, -0.1) is 0 Å². The molecule has 2 N–H and O–H groups in total. The van der Waals surface area contributed by atoms with Crippen LogP contribution >= 0.6 is 0 Å². The van der Waals surface area contributed by atoms with E-state index in [-0.39, 0.29) is 0 Å². The lowest BCUT2D eigenvalue weighted by Gasteiger charge is -2.36. The van der Waals surface area contributed by atoms with E-state index in [0.717, 1.165) is 44.6 Å². The van der Waals surface area contributed by atoms with Gasteiger partial charge in [-0.1, -0.05) is 6.92 Å². The van der Waals surface area contributed by atoms with Gasteiger partial charge in [0.2, 0.25) is 11.8 Å².